The molecule has 0 heterocycles. The summed E-state index contributed by atoms with van der Waals surface area (Å²) in [7, 11) is -3.66. The van der Waals surface area contributed by atoms with Gasteiger partial charge < -0.3 is 10.1 Å². The summed E-state index contributed by atoms with van der Waals surface area (Å²) >= 11 is 0. The maximum atomic E-state index is 12.2. The molecule has 27 heavy (non-hydrogen) atoms. The van der Waals surface area contributed by atoms with E-state index in [2.05, 4.69) is 16.6 Å². The summed E-state index contributed by atoms with van der Waals surface area (Å²) in [4.78, 5) is 12.3. The number of hydrogen-bond acceptors (Lipinski definition) is 4. The van der Waals surface area contributed by atoms with Crippen LogP contribution in [0.3, 0.4) is 0 Å². The van der Waals surface area contributed by atoms with E-state index in [0.717, 1.165) is 11.3 Å². The zero-order chi connectivity index (χ0) is 19.7. The smallest absolute Gasteiger partial charge is 0.251 e. The van der Waals surface area contributed by atoms with Crippen LogP contribution in [0.2, 0.25) is 0 Å². The minimum absolute atomic E-state index is 0.0415. The van der Waals surface area contributed by atoms with E-state index in [1.54, 1.807) is 6.07 Å². The lowest BCUT2D eigenvalue weighted by Gasteiger charge is -2.09. The Morgan fingerprint density at radius 3 is 2.70 bits per heavy atom. The summed E-state index contributed by atoms with van der Waals surface area (Å²) in [6.07, 6.45) is 2.09. The molecule has 2 N–H and O–H groups in total. The number of hydrogen-bond donors (Lipinski definition) is 2. The second-order valence-corrected chi connectivity index (χ2v) is 7.71. The lowest BCUT2D eigenvalue weighted by Crippen LogP contribution is -2.27. The molecule has 7 heteroatoms. The molecule has 0 spiro atoms. The van der Waals surface area contributed by atoms with Gasteiger partial charge in [-0.15, -0.1) is 6.58 Å². The standard InChI is InChI=1S/C20H24N2O4S/c1-3-11-22-27(24,25)19-10-5-8-17(15-19)20(23)21-12-6-13-26-18-9-4-7-16(2)14-18/h3-5,7-10,14-15,22H,1,6,11-13H2,2H3,(H,21,23). The van der Waals surface area contributed by atoms with E-state index >= 15 is 0 Å². The molecule has 2 aromatic carbocycles. The molecule has 1 amide bonds. The van der Waals surface area contributed by atoms with Gasteiger partial charge in [-0.3, -0.25) is 4.79 Å². The summed E-state index contributed by atoms with van der Waals surface area (Å²) in [5, 5.41) is 2.77. The Kier molecular flexibility index (Phi) is 7.57. The van der Waals surface area contributed by atoms with Gasteiger partial charge in [0.15, 0.2) is 0 Å². The van der Waals surface area contributed by atoms with Gasteiger partial charge in [0.25, 0.3) is 5.91 Å². The molecule has 0 radical (unpaired) electrons. The van der Waals surface area contributed by atoms with Crippen molar-refractivity contribution >= 4 is 15.9 Å². The van der Waals surface area contributed by atoms with Gasteiger partial charge in [0.1, 0.15) is 5.75 Å². The van der Waals surface area contributed by atoms with Crippen molar-refractivity contribution in [3.63, 3.8) is 0 Å². The number of amides is 1. The highest BCUT2D eigenvalue weighted by atomic mass is 32.2. The minimum Gasteiger partial charge on any atom is -0.494 e. The summed E-state index contributed by atoms with van der Waals surface area (Å²) < 4.78 is 32.2. The van der Waals surface area contributed by atoms with Crippen molar-refractivity contribution in [3.8, 4) is 5.75 Å². The van der Waals surface area contributed by atoms with E-state index in [1.807, 2.05) is 31.2 Å². The Morgan fingerprint density at radius 1 is 1.19 bits per heavy atom. The molecule has 0 aliphatic rings. The van der Waals surface area contributed by atoms with Crippen LogP contribution in [0.25, 0.3) is 0 Å². The maximum absolute atomic E-state index is 12.2. The van der Waals surface area contributed by atoms with Crippen LogP contribution in [0.4, 0.5) is 0 Å². The van der Waals surface area contributed by atoms with Gasteiger partial charge in [-0.1, -0.05) is 24.3 Å². The number of aryl methyl sites for hydroxylation is 1. The third kappa shape index (κ3) is 6.54. The fourth-order valence-electron chi connectivity index (χ4n) is 2.33. The third-order valence-electron chi connectivity index (χ3n) is 3.69. The molecule has 2 rings (SSSR count). The van der Waals surface area contributed by atoms with Gasteiger partial charge in [-0.25, -0.2) is 13.1 Å². The average molecular weight is 388 g/mol. The second kappa shape index (κ2) is 9.89. The highest BCUT2D eigenvalue weighted by Gasteiger charge is 2.15. The van der Waals surface area contributed by atoms with Gasteiger partial charge in [-0.05, 0) is 49.2 Å². The van der Waals surface area contributed by atoms with Crippen LogP contribution >= 0.6 is 0 Å². The van der Waals surface area contributed by atoms with Crippen molar-refractivity contribution in [1.82, 2.24) is 10.0 Å². The number of carbonyl (C=O) groups excluding carboxylic acids is 1. The van der Waals surface area contributed by atoms with E-state index in [9.17, 15) is 13.2 Å². The van der Waals surface area contributed by atoms with Crippen LogP contribution in [-0.2, 0) is 10.0 Å². The number of ether oxygens (including phenoxy) is 1. The van der Waals surface area contributed by atoms with Crippen LogP contribution in [-0.4, -0.2) is 34.0 Å². The number of nitrogens with one attached hydrogen (secondary N) is 2. The molecule has 0 aromatic heterocycles. The number of rotatable bonds is 10. The molecular weight excluding hydrogens is 364 g/mol. The quantitative estimate of drug-likeness (QED) is 0.484. The Balaban J connectivity index is 1.83. The Morgan fingerprint density at radius 2 is 1.96 bits per heavy atom. The van der Waals surface area contributed by atoms with Crippen LogP contribution in [0.15, 0.2) is 66.1 Å². The number of sulfonamides is 1. The first kappa shape index (κ1) is 20.7. The highest BCUT2D eigenvalue weighted by Crippen LogP contribution is 2.13. The largest absolute Gasteiger partial charge is 0.494 e. The summed E-state index contributed by atoms with van der Waals surface area (Å²) in [5.74, 6) is 0.470. The predicted octanol–water partition coefficient (Wildman–Crippen LogP) is 2.66. The topological polar surface area (TPSA) is 84.5 Å². The highest BCUT2D eigenvalue weighted by molar-refractivity contribution is 7.89. The molecule has 0 saturated heterocycles. The van der Waals surface area contributed by atoms with Crippen molar-refractivity contribution < 1.29 is 17.9 Å². The normalized spacial score (nSPS) is 11.0. The fraction of sp³-hybridized carbons (Fsp3) is 0.250. The van der Waals surface area contributed by atoms with Gasteiger partial charge in [0, 0.05) is 18.7 Å². The molecule has 0 fully saturated rings. The van der Waals surface area contributed by atoms with Crippen LogP contribution in [0, 0.1) is 6.92 Å². The first-order chi connectivity index (χ1) is 12.9. The molecule has 0 aliphatic carbocycles. The average Bonchev–Trinajstić information content (AvgIpc) is 2.66. The molecule has 6 nitrogen and oxygen atoms in total. The SMILES string of the molecule is C=CCNS(=O)(=O)c1cccc(C(=O)NCCCOc2cccc(C)c2)c1. The molecule has 0 atom stereocenters. The van der Waals surface area contributed by atoms with Crippen molar-refractivity contribution in [2.24, 2.45) is 0 Å². The Labute approximate surface area is 160 Å². The van der Waals surface area contributed by atoms with Crippen LogP contribution < -0.4 is 14.8 Å². The molecule has 144 valence electrons. The van der Waals surface area contributed by atoms with Crippen LogP contribution in [0.1, 0.15) is 22.3 Å². The van der Waals surface area contributed by atoms with Gasteiger partial charge in [0.05, 0.1) is 11.5 Å². The zero-order valence-electron chi connectivity index (χ0n) is 15.3. The molecule has 0 unspecified atom stereocenters. The molecule has 2 aromatic rings. The Hall–Kier alpha value is -2.64. The number of benzene rings is 2. The van der Waals surface area contributed by atoms with E-state index in [0.29, 0.717) is 19.6 Å². The minimum atomic E-state index is -3.66. The second-order valence-electron chi connectivity index (χ2n) is 5.94. The summed E-state index contributed by atoms with van der Waals surface area (Å²) in [6, 6.07) is 13.7. The van der Waals surface area contributed by atoms with E-state index in [-0.39, 0.29) is 22.9 Å². The lowest BCUT2D eigenvalue weighted by molar-refractivity contribution is 0.0951. The van der Waals surface area contributed by atoms with E-state index in [1.165, 1.54) is 24.3 Å². The zero-order valence-corrected chi connectivity index (χ0v) is 16.1. The first-order valence-corrected chi connectivity index (χ1v) is 10.1. The van der Waals surface area contributed by atoms with Crippen molar-refractivity contribution in [1.29, 1.82) is 0 Å². The lowest BCUT2D eigenvalue weighted by atomic mass is 10.2. The van der Waals surface area contributed by atoms with Gasteiger partial charge >= 0.3 is 0 Å². The third-order valence-corrected chi connectivity index (χ3v) is 5.11. The fourth-order valence-corrected chi connectivity index (χ4v) is 3.37. The van der Waals surface area contributed by atoms with Crippen molar-refractivity contribution in [3.05, 3.63) is 72.3 Å². The molecule has 0 bridgehead atoms. The molecule has 0 aliphatic heterocycles. The first-order valence-electron chi connectivity index (χ1n) is 8.60. The van der Waals surface area contributed by atoms with E-state index in [4.69, 9.17) is 4.74 Å². The Bertz CT molecular complexity index is 894. The van der Waals surface area contributed by atoms with Crippen molar-refractivity contribution in [2.75, 3.05) is 19.7 Å². The molecule has 0 saturated carbocycles. The monoisotopic (exact) mass is 388 g/mol. The maximum Gasteiger partial charge on any atom is 0.251 e. The van der Waals surface area contributed by atoms with E-state index < -0.39 is 10.0 Å². The summed E-state index contributed by atoms with van der Waals surface area (Å²) in [6.45, 7) is 6.50. The van der Waals surface area contributed by atoms with Gasteiger partial charge in [-0.2, -0.15) is 0 Å². The summed E-state index contributed by atoms with van der Waals surface area (Å²) in [5.41, 5.74) is 1.41. The predicted molar refractivity (Wildman–Crippen MR) is 105 cm³/mol. The van der Waals surface area contributed by atoms with Crippen molar-refractivity contribution in [2.45, 2.75) is 18.2 Å². The van der Waals surface area contributed by atoms with Crippen LogP contribution in [0.5, 0.6) is 5.75 Å². The van der Waals surface area contributed by atoms with Gasteiger partial charge in [0.2, 0.25) is 10.0 Å². The molecular formula is C20H24N2O4S. The number of carbonyl (C=O) groups is 1.